The van der Waals surface area contributed by atoms with Gasteiger partial charge in [0.05, 0.1) is 12.1 Å². The number of ketones is 1. The van der Waals surface area contributed by atoms with Gasteiger partial charge in [-0.25, -0.2) is 8.78 Å². The standard InChI is InChI=1S/C24H18BrF4NO4/c25-18-12-15(20(32)14-6-2-1-3-7-14)10-11-17(18)24(28,29)23(34,22(26)27)13-30-21(33)16-8-4-5-9-19(16)31/h1-12,22,31,34H,13H2,(H,30,33). The Hall–Kier alpha value is -3.24. The van der Waals surface area contributed by atoms with Gasteiger partial charge in [-0.1, -0.05) is 70.5 Å². The monoisotopic (exact) mass is 539 g/mol. The number of hydrogen-bond donors (Lipinski definition) is 3. The molecule has 0 radical (unpaired) electrons. The lowest BCUT2D eigenvalue weighted by molar-refractivity contribution is -0.240. The number of rotatable bonds is 8. The Morgan fingerprint density at radius 3 is 2.15 bits per heavy atom. The Labute approximate surface area is 200 Å². The van der Waals surface area contributed by atoms with Gasteiger partial charge in [0.25, 0.3) is 12.3 Å². The number of phenolic OH excluding ortho intramolecular Hbond substituents is 1. The number of amides is 1. The number of aliphatic hydroxyl groups is 1. The molecule has 0 heterocycles. The first-order valence-corrected chi connectivity index (χ1v) is 10.6. The van der Waals surface area contributed by atoms with E-state index in [0.717, 1.165) is 30.3 Å². The fourth-order valence-corrected chi connectivity index (χ4v) is 3.83. The van der Waals surface area contributed by atoms with Crippen LogP contribution in [0.1, 0.15) is 31.8 Å². The van der Waals surface area contributed by atoms with Crippen molar-refractivity contribution in [3.05, 3.63) is 99.5 Å². The highest BCUT2D eigenvalue weighted by Gasteiger charge is 2.61. The van der Waals surface area contributed by atoms with E-state index in [0.29, 0.717) is 5.56 Å². The topological polar surface area (TPSA) is 86.6 Å². The first kappa shape index (κ1) is 25.4. The number of alkyl halides is 4. The first-order chi connectivity index (χ1) is 16.0. The Morgan fingerprint density at radius 2 is 1.56 bits per heavy atom. The fraction of sp³-hybridized carbons (Fsp3) is 0.167. The number of hydrogen-bond acceptors (Lipinski definition) is 4. The van der Waals surface area contributed by atoms with Gasteiger partial charge in [0.1, 0.15) is 5.75 Å². The number of benzene rings is 3. The third-order valence-corrected chi connectivity index (χ3v) is 5.83. The zero-order valence-corrected chi connectivity index (χ0v) is 18.9. The Balaban J connectivity index is 1.89. The average Bonchev–Trinajstić information content (AvgIpc) is 2.82. The molecule has 1 amide bonds. The van der Waals surface area contributed by atoms with E-state index in [1.807, 2.05) is 5.32 Å². The quantitative estimate of drug-likeness (QED) is 0.280. The number of phenols is 1. The van der Waals surface area contributed by atoms with E-state index in [4.69, 9.17) is 0 Å². The summed E-state index contributed by atoms with van der Waals surface area (Å²) in [6, 6.07) is 15.9. The molecule has 0 aliphatic heterocycles. The van der Waals surface area contributed by atoms with E-state index < -0.39 is 47.5 Å². The second-order valence-electron chi connectivity index (χ2n) is 7.39. The summed E-state index contributed by atoms with van der Waals surface area (Å²) in [4.78, 5) is 24.8. The van der Waals surface area contributed by atoms with Crippen LogP contribution < -0.4 is 5.32 Å². The van der Waals surface area contributed by atoms with Crippen molar-refractivity contribution in [2.45, 2.75) is 17.9 Å². The van der Waals surface area contributed by atoms with Crippen LogP contribution in [0.3, 0.4) is 0 Å². The molecule has 0 saturated carbocycles. The minimum atomic E-state index is -4.56. The van der Waals surface area contributed by atoms with Crippen LogP contribution in [0.2, 0.25) is 0 Å². The van der Waals surface area contributed by atoms with Crippen LogP contribution in [0.4, 0.5) is 17.6 Å². The highest BCUT2D eigenvalue weighted by atomic mass is 79.9. The van der Waals surface area contributed by atoms with Crippen LogP contribution in [0.15, 0.2) is 77.3 Å². The van der Waals surface area contributed by atoms with Gasteiger partial charge in [0, 0.05) is 21.2 Å². The maximum absolute atomic E-state index is 15.3. The molecule has 3 N–H and O–H groups in total. The molecule has 0 bridgehead atoms. The van der Waals surface area contributed by atoms with E-state index in [9.17, 15) is 28.6 Å². The summed E-state index contributed by atoms with van der Waals surface area (Å²) in [5, 5.41) is 21.9. The summed E-state index contributed by atoms with van der Waals surface area (Å²) in [5.74, 6) is -6.65. The molecule has 1 unspecified atom stereocenters. The summed E-state index contributed by atoms with van der Waals surface area (Å²) in [5.41, 5.74) is -5.03. The number of halogens is 5. The minimum Gasteiger partial charge on any atom is -0.507 e. The number of nitrogens with one attached hydrogen (secondary N) is 1. The van der Waals surface area contributed by atoms with Crippen molar-refractivity contribution < 1.29 is 37.4 Å². The molecule has 34 heavy (non-hydrogen) atoms. The largest absolute Gasteiger partial charge is 0.507 e. The predicted octanol–water partition coefficient (Wildman–Crippen LogP) is 4.90. The lowest BCUT2D eigenvalue weighted by atomic mass is 9.88. The SMILES string of the molecule is O=C(c1ccccc1)c1ccc(C(F)(F)C(O)(CNC(=O)c2ccccc2O)C(F)F)c(Br)c1. The summed E-state index contributed by atoms with van der Waals surface area (Å²) < 4.78 is 57.6. The van der Waals surface area contributed by atoms with Gasteiger partial charge in [-0.05, 0) is 18.2 Å². The Kier molecular flexibility index (Phi) is 7.42. The maximum Gasteiger partial charge on any atom is 0.309 e. The molecule has 0 aromatic heterocycles. The molecular formula is C24H18BrF4NO4. The molecule has 3 rings (SSSR count). The number of para-hydroxylation sites is 1. The second kappa shape index (κ2) is 9.94. The van der Waals surface area contributed by atoms with Gasteiger partial charge in [0.15, 0.2) is 5.78 Å². The third-order valence-electron chi connectivity index (χ3n) is 5.18. The molecule has 5 nitrogen and oxygen atoms in total. The van der Waals surface area contributed by atoms with E-state index in [1.54, 1.807) is 18.2 Å². The van der Waals surface area contributed by atoms with Crippen LogP contribution in [0.5, 0.6) is 5.75 Å². The van der Waals surface area contributed by atoms with Crippen LogP contribution in [-0.2, 0) is 5.92 Å². The van der Waals surface area contributed by atoms with Gasteiger partial charge in [-0.15, -0.1) is 0 Å². The highest BCUT2D eigenvalue weighted by Crippen LogP contribution is 2.45. The molecule has 0 aliphatic rings. The molecule has 3 aromatic carbocycles. The molecule has 3 aromatic rings. The normalized spacial score (nSPS) is 13.4. The van der Waals surface area contributed by atoms with E-state index in [2.05, 4.69) is 15.9 Å². The van der Waals surface area contributed by atoms with E-state index in [-0.39, 0.29) is 15.6 Å². The van der Waals surface area contributed by atoms with Crippen LogP contribution in [0.25, 0.3) is 0 Å². The summed E-state index contributed by atoms with van der Waals surface area (Å²) >= 11 is 2.88. The van der Waals surface area contributed by atoms with Crippen LogP contribution in [-0.4, -0.2) is 40.5 Å². The van der Waals surface area contributed by atoms with Crippen molar-refractivity contribution in [1.29, 1.82) is 0 Å². The van der Waals surface area contributed by atoms with Crippen molar-refractivity contribution in [1.82, 2.24) is 5.32 Å². The van der Waals surface area contributed by atoms with E-state index >= 15 is 8.78 Å². The third kappa shape index (κ3) is 4.83. The lowest BCUT2D eigenvalue weighted by Gasteiger charge is -2.36. The van der Waals surface area contributed by atoms with Crippen molar-refractivity contribution in [2.24, 2.45) is 0 Å². The highest BCUT2D eigenvalue weighted by molar-refractivity contribution is 9.10. The lowest BCUT2D eigenvalue weighted by Crippen LogP contribution is -2.58. The number of carbonyl (C=O) groups is 2. The Bertz CT molecular complexity index is 1210. The summed E-state index contributed by atoms with van der Waals surface area (Å²) in [7, 11) is 0. The van der Waals surface area contributed by atoms with Crippen molar-refractivity contribution in [3.63, 3.8) is 0 Å². The van der Waals surface area contributed by atoms with E-state index in [1.165, 1.54) is 24.3 Å². The molecule has 0 spiro atoms. The Morgan fingerprint density at radius 1 is 0.941 bits per heavy atom. The van der Waals surface area contributed by atoms with Crippen LogP contribution >= 0.6 is 15.9 Å². The maximum atomic E-state index is 15.3. The zero-order chi connectivity index (χ0) is 25.1. The van der Waals surface area contributed by atoms with Crippen molar-refractivity contribution in [2.75, 3.05) is 6.54 Å². The number of carbonyl (C=O) groups excluding carboxylic acids is 2. The first-order valence-electron chi connectivity index (χ1n) is 9.83. The van der Waals surface area contributed by atoms with Crippen molar-refractivity contribution >= 4 is 27.6 Å². The summed E-state index contributed by atoms with van der Waals surface area (Å²) in [6.07, 6.45) is -3.97. The van der Waals surface area contributed by atoms with Gasteiger partial charge < -0.3 is 15.5 Å². The molecule has 0 fully saturated rings. The van der Waals surface area contributed by atoms with Crippen LogP contribution in [0, 0.1) is 0 Å². The van der Waals surface area contributed by atoms with Gasteiger partial charge in [-0.2, -0.15) is 8.78 Å². The zero-order valence-electron chi connectivity index (χ0n) is 17.3. The van der Waals surface area contributed by atoms with Gasteiger partial charge in [0.2, 0.25) is 5.60 Å². The summed E-state index contributed by atoms with van der Waals surface area (Å²) in [6.45, 7) is -1.53. The number of aromatic hydroxyl groups is 1. The molecule has 0 saturated heterocycles. The van der Waals surface area contributed by atoms with Crippen molar-refractivity contribution in [3.8, 4) is 5.75 Å². The molecular weight excluding hydrogens is 522 g/mol. The van der Waals surface area contributed by atoms with Gasteiger partial charge >= 0.3 is 5.92 Å². The predicted molar refractivity (Wildman–Crippen MR) is 119 cm³/mol. The second-order valence-corrected chi connectivity index (χ2v) is 8.24. The average molecular weight is 540 g/mol. The minimum absolute atomic E-state index is 0.0195. The molecule has 1 atom stereocenters. The fourth-order valence-electron chi connectivity index (χ4n) is 3.20. The molecule has 0 aliphatic carbocycles. The molecule has 10 heteroatoms. The smallest absolute Gasteiger partial charge is 0.309 e. The van der Waals surface area contributed by atoms with Gasteiger partial charge in [-0.3, -0.25) is 9.59 Å². The molecule has 178 valence electrons.